The smallest absolute Gasteiger partial charge is 0.228 e. The van der Waals surface area contributed by atoms with Gasteiger partial charge in [0.05, 0.1) is 5.69 Å². The van der Waals surface area contributed by atoms with Crippen LogP contribution in [0.15, 0.2) is 0 Å². The van der Waals surface area contributed by atoms with Crippen LogP contribution in [0.3, 0.4) is 0 Å². The molecular weight excluding hydrogens is 202 g/mol. The van der Waals surface area contributed by atoms with E-state index in [-0.39, 0.29) is 5.91 Å². The van der Waals surface area contributed by atoms with Crippen LogP contribution >= 0.6 is 11.6 Å². The lowest BCUT2D eigenvalue weighted by Gasteiger charge is -2.15. The number of halogens is 1. The number of carbonyl (C=O) groups excluding carboxylic acids is 1. The number of carbonyl (C=O) groups is 1. The van der Waals surface area contributed by atoms with Gasteiger partial charge in [-0.3, -0.25) is 14.4 Å². The zero-order chi connectivity index (χ0) is 10.3. The van der Waals surface area contributed by atoms with Gasteiger partial charge in [-0.15, -0.1) is 0 Å². The number of aryl methyl sites for hydroxylation is 2. The predicted octanol–water partition coefficient (Wildman–Crippen LogP) is 1.51. The van der Waals surface area contributed by atoms with Crippen molar-refractivity contribution < 1.29 is 4.79 Å². The van der Waals surface area contributed by atoms with E-state index >= 15 is 0 Å². The Morgan fingerprint density at radius 2 is 2.21 bits per heavy atom. The normalized spacial score (nSPS) is 16.8. The first-order chi connectivity index (χ1) is 6.61. The van der Waals surface area contributed by atoms with Crippen LogP contribution in [0.5, 0.6) is 0 Å². The maximum atomic E-state index is 11.5. The molecule has 0 radical (unpaired) electrons. The number of hydrogen-bond donors (Lipinski definition) is 0. The Bertz CT molecular complexity index is 386. The molecule has 4 nitrogen and oxygen atoms in total. The summed E-state index contributed by atoms with van der Waals surface area (Å²) in [6, 6.07) is 0. The Labute approximate surface area is 87.4 Å². The molecule has 2 heterocycles. The second-order valence-corrected chi connectivity index (χ2v) is 3.87. The summed E-state index contributed by atoms with van der Waals surface area (Å²) < 4.78 is 1.67. The van der Waals surface area contributed by atoms with Gasteiger partial charge in [0.1, 0.15) is 5.02 Å². The van der Waals surface area contributed by atoms with Crippen molar-refractivity contribution in [3.05, 3.63) is 10.7 Å². The molecule has 0 bridgehead atoms. The van der Waals surface area contributed by atoms with E-state index in [0.717, 1.165) is 24.5 Å². The van der Waals surface area contributed by atoms with Gasteiger partial charge < -0.3 is 0 Å². The Balaban J connectivity index is 2.44. The molecule has 1 aromatic heterocycles. The van der Waals surface area contributed by atoms with E-state index in [1.54, 1.807) is 16.6 Å². The Morgan fingerprint density at radius 1 is 1.50 bits per heavy atom. The van der Waals surface area contributed by atoms with Gasteiger partial charge in [-0.25, -0.2) is 0 Å². The third-order valence-electron chi connectivity index (χ3n) is 2.45. The van der Waals surface area contributed by atoms with E-state index in [9.17, 15) is 4.79 Å². The summed E-state index contributed by atoms with van der Waals surface area (Å²) in [6.45, 7) is 2.59. The second kappa shape index (κ2) is 3.28. The lowest BCUT2D eigenvalue weighted by Crippen LogP contribution is -2.26. The van der Waals surface area contributed by atoms with Crippen molar-refractivity contribution in [3.63, 3.8) is 0 Å². The first-order valence-corrected chi connectivity index (χ1v) is 4.98. The highest BCUT2D eigenvalue weighted by Gasteiger charge is 2.27. The monoisotopic (exact) mass is 213 g/mol. The maximum Gasteiger partial charge on any atom is 0.228 e. The van der Waals surface area contributed by atoms with Gasteiger partial charge in [0.15, 0.2) is 5.82 Å². The van der Waals surface area contributed by atoms with Crippen molar-refractivity contribution in [3.8, 4) is 0 Å². The quantitative estimate of drug-likeness (QED) is 0.709. The fourth-order valence-corrected chi connectivity index (χ4v) is 2.05. The van der Waals surface area contributed by atoms with E-state index < -0.39 is 0 Å². The second-order valence-electron chi connectivity index (χ2n) is 3.50. The number of nitrogens with zero attached hydrogens (tertiary/aromatic N) is 3. The minimum Gasteiger partial charge on any atom is -0.296 e. The number of rotatable bonds is 1. The molecule has 1 saturated heterocycles. The fourth-order valence-electron chi connectivity index (χ4n) is 1.79. The zero-order valence-electron chi connectivity index (χ0n) is 8.25. The van der Waals surface area contributed by atoms with Crippen molar-refractivity contribution in [2.24, 2.45) is 7.05 Å². The van der Waals surface area contributed by atoms with Gasteiger partial charge in [0, 0.05) is 20.0 Å². The molecule has 2 rings (SSSR count). The number of aromatic nitrogens is 2. The van der Waals surface area contributed by atoms with Crippen LogP contribution in [-0.2, 0) is 11.8 Å². The molecule has 76 valence electrons. The molecule has 0 aromatic carbocycles. The summed E-state index contributed by atoms with van der Waals surface area (Å²) in [7, 11) is 1.81. The highest BCUT2D eigenvalue weighted by Crippen LogP contribution is 2.30. The van der Waals surface area contributed by atoms with Crippen LogP contribution in [0.1, 0.15) is 18.5 Å². The van der Waals surface area contributed by atoms with Crippen molar-refractivity contribution in [1.29, 1.82) is 0 Å². The van der Waals surface area contributed by atoms with E-state index in [1.807, 2.05) is 6.92 Å². The lowest BCUT2D eigenvalue weighted by molar-refractivity contribution is -0.117. The van der Waals surface area contributed by atoms with Crippen molar-refractivity contribution in [2.75, 3.05) is 11.4 Å². The van der Waals surface area contributed by atoms with E-state index in [4.69, 9.17) is 11.6 Å². The molecule has 1 amide bonds. The molecule has 0 aliphatic carbocycles. The van der Waals surface area contributed by atoms with E-state index in [2.05, 4.69) is 5.10 Å². The molecular formula is C9H12ClN3O. The number of hydrogen-bond acceptors (Lipinski definition) is 2. The summed E-state index contributed by atoms with van der Waals surface area (Å²) in [4.78, 5) is 13.2. The first kappa shape index (κ1) is 9.52. The highest BCUT2D eigenvalue weighted by molar-refractivity contribution is 6.34. The molecule has 14 heavy (non-hydrogen) atoms. The largest absolute Gasteiger partial charge is 0.296 e. The third-order valence-corrected chi connectivity index (χ3v) is 2.89. The number of anilines is 1. The fraction of sp³-hybridized carbons (Fsp3) is 0.556. The molecule has 0 saturated carbocycles. The molecule has 1 fully saturated rings. The van der Waals surface area contributed by atoms with Gasteiger partial charge in [0.25, 0.3) is 0 Å². The van der Waals surface area contributed by atoms with Crippen LogP contribution < -0.4 is 4.90 Å². The molecule has 0 unspecified atom stereocenters. The van der Waals surface area contributed by atoms with Gasteiger partial charge >= 0.3 is 0 Å². The van der Waals surface area contributed by atoms with E-state index in [0.29, 0.717) is 11.4 Å². The predicted molar refractivity (Wildman–Crippen MR) is 54.5 cm³/mol. The molecule has 1 aromatic rings. The molecule has 1 aliphatic rings. The molecule has 0 N–H and O–H groups in total. The Kier molecular flexibility index (Phi) is 2.23. The summed E-state index contributed by atoms with van der Waals surface area (Å²) in [6.07, 6.45) is 1.51. The van der Waals surface area contributed by atoms with Crippen LogP contribution in [0.2, 0.25) is 5.02 Å². The van der Waals surface area contributed by atoms with Crippen molar-refractivity contribution in [2.45, 2.75) is 19.8 Å². The van der Waals surface area contributed by atoms with Gasteiger partial charge in [-0.2, -0.15) is 5.10 Å². The summed E-state index contributed by atoms with van der Waals surface area (Å²) in [5.41, 5.74) is 0.767. The van der Waals surface area contributed by atoms with Crippen LogP contribution in [0.25, 0.3) is 0 Å². The first-order valence-electron chi connectivity index (χ1n) is 4.60. The average Bonchev–Trinajstić information content (AvgIpc) is 2.60. The Morgan fingerprint density at radius 3 is 2.64 bits per heavy atom. The van der Waals surface area contributed by atoms with E-state index in [1.165, 1.54) is 0 Å². The zero-order valence-corrected chi connectivity index (χ0v) is 9.01. The van der Waals surface area contributed by atoms with Crippen molar-refractivity contribution in [1.82, 2.24) is 9.78 Å². The average molecular weight is 214 g/mol. The SMILES string of the molecule is Cc1nn(C)c(N2CCCC2=O)c1Cl. The molecule has 0 spiro atoms. The van der Waals surface area contributed by atoms with Crippen LogP contribution in [0.4, 0.5) is 5.82 Å². The molecule has 5 heteroatoms. The Hall–Kier alpha value is -1.03. The van der Waals surface area contributed by atoms with Crippen molar-refractivity contribution >= 4 is 23.3 Å². The standard InChI is InChI=1S/C9H12ClN3O/c1-6-8(10)9(12(2)11-6)13-5-3-4-7(13)14/h3-5H2,1-2H3. The highest BCUT2D eigenvalue weighted by atomic mass is 35.5. The maximum absolute atomic E-state index is 11.5. The minimum absolute atomic E-state index is 0.134. The van der Waals surface area contributed by atoms with Gasteiger partial charge in [-0.1, -0.05) is 11.6 Å². The van der Waals surface area contributed by atoms with Gasteiger partial charge in [-0.05, 0) is 13.3 Å². The summed E-state index contributed by atoms with van der Waals surface area (Å²) >= 11 is 6.08. The topological polar surface area (TPSA) is 38.1 Å². The third kappa shape index (κ3) is 1.30. The molecule has 1 aliphatic heterocycles. The van der Waals surface area contributed by atoms with Gasteiger partial charge in [0.2, 0.25) is 5.91 Å². The minimum atomic E-state index is 0.134. The van der Waals surface area contributed by atoms with Crippen LogP contribution in [0, 0.1) is 6.92 Å². The summed E-state index contributed by atoms with van der Waals surface area (Å²) in [5.74, 6) is 0.863. The number of amides is 1. The lowest BCUT2D eigenvalue weighted by atomic mass is 10.4. The van der Waals surface area contributed by atoms with Crippen LogP contribution in [-0.4, -0.2) is 22.2 Å². The summed E-state index contributed by atoms with van der Waals surface area (Å²) in [5, 5.41) is 4.77. The molecule has 0 atom stereocenters.